The third-order valence-corrected chi connectivity index (χ3v) is 4.55. The Morgan fingerprint density at radius 3 is 2.28 bits per heavy atom. The minimum absolute atomic E-state index is 0.424. The molecule has 3 nitrogen and oxygen atoms in total. The molecule has 18 heavy (non-hydrogen) atoms. The molecule has 0 radical (unpaired) electrons. The predicted molar refractivity (Wildman–Crippen MR) is 75.9 cm³/mol. The Morgan fingerprint density at radius 1 is 1.11 bits per heavy atom. The Balaban J connectivity index is 1.65. The Hall–Kier alpha value is -0.120. The second-order valence-electron chi connectivity index (χ2n) is 6.21. The van der Waals surface area contributed by atoms with Gasteiger partial charge in [-0.3, -0.25) is 0 Å². The molecule has 3 heteroatoms. The van der Waals surface area contributed by atoms with Crippen molar-refractivity contribution >= 4 is 0 Å². The molecule has 2 aliphatic rings. The van der Waals surface area contributed by atoms with Gasteiger partial charge in [-0.1, -0.05) is 6.92 Å². The van der Waals surface area contributed by atoms with Gasteiger partial charge < -0.3 is 15.0 Å². The molecule has 0 spiro atoms. The Bertz CT molecular complexity index is 229. The van der Waals surface area contributed by atoms with E-state index >= 15 is 0 Å². The molecule has 0 aliphatic carbocycles. The second kappa shape index (κ2) is 6.88. The van der Waals surface area contributed by atoms with Gasteiger partial charge in [-0.2, -0.15) is 0 Å². The highest BCUT2D eigenvalue weighted by molar-refractivity contribution is 4.81. The van der Waals surface area contributed by atoms with E-state index in [1.54, 1.807) is 0 Å². The predicted octanol–water partition coefficient (Wildman–Crippen LogP) is 2.26. The van der Waals surface area contributed by atoms with Gasteiger partial charge in [0.2, 0.25) is 0 Å². The highest BCUT2D eigenvalue weighted by Crippen LogP contribution is 2.21. The lowest BCUT2D eigenvalue weighted by molar-refractivity contribution is -0.0427. The number of hydrogen-bond acceptors (Lipinski definition) is 3. The van der Waals surface area contributed by atoms with Crippen LogP contribution in [0.5, 0.6) is 0 Å². The van der Waals surface area contributed by atoms with Gasteiger partial charge in [-0.05, 0) is 71.6 Å². The monoisotopic (exact) mass is 254 g/mol. The van der Waals surface area contributed by atoms with Crippen molar-refractivity contribution in [1.29, 1.82) is 0 Å². The van der Waals surface area contributed by atoms with Crippen molar-refractivity contribution in [3.8, 4) is 0 Å². The molecular weight excluding hydrogens is 224 g/mol. The Morgan fingerprint density at radius 2 is 1.72 bits per heavy atom. The van der Waals surface area contributed by atoms with Crippen LogP contribution in [-0.2, 0) is 4.74 Å². The highest BCUT2D eigenvalue weighted by atomic mass is 16.5. The first-order valence-corrected chi connectivity index (χ1v) is 7.78. The maximum absolute atomic E-state index is 5.79. The summed E-state index contributed by atoms with van der Waals surface area (Å²) in [6, 6.07) is 0.674. The van der Waals surface area contributed by atoms with E-state index in [1.807, 2.05) is 0 Å². The van der Waals surface area contributed by atoms with E-state index in [9.17, 15) is 0 Å². The van der Waals surface area contributed by atoms with Crippen molar-refractivity contribution in [2.24, 2.45) is 5.92 Å². The summed E-state index contributed by atoms with van der Waals surface area (Å²) >= 11 is 0. The number of nitrogens with one attached hydrogen (secondary N) is 1. The van der Waals surface area contributed by atoms with Crippen molar-refractivity contribution in [2.75, 3.05) is 26.2 Å². The van der Waals surface area contributed by atoms with Gasteiger partial charge in [-0.25, -0.2) is 0 Å². The highest BCUT2D eigenvalue weighted by Gasteiger charge is 2.25. The molecule has 0 amide bonds. The molecule has 1 N–H and O–H groups in total. The van der Waals surface area contributed by atoms with Gasteiger partial charge in [0.25, 0.3) is 0 Å². The van der Waals surface area contributed by atoms with Crippen LogP contribution in [0.25, 0.3) is 0 Å². The van der Waals surface area contributed by atoms with Crippen LogP contribution in [0.15, 0.2) is 0 Å². The van der Waals surface area contributed by atoms with Gasteiger partial charge in [0.05, 0.1) is 12.2 Å². The minimum atomic E-state index is 0.424. The van der Waals surface area contributed by atoms with E-state index < -0.39 is 0 Å². The van der Waals surface area contributed by atoms with Crippen LogP contribution >= 0.6 is 0 Å². The molecule has 2 rings (SSSR count). The average molecular weight is 254 g/mol. The van der Waals surface area contributed by atoms with Crippen LogP contribution in [-0.4, -0.2) is 49.3 Å². The van der Waals surface area contributed by atoms with E-state index in [0.29, 0.717) is 18.2 Å². The summed E-state index contributed by atoms with van der Waals surface area (Å²) in [5.41, 5.74) is 0. The van der Waals surface area contributed by atoms with Crippen molar-refractivity contribution in [3.05, 3.63) is 0 Å². The number of ether oxygens (including phenoxy) is 1. The van der Waals surface area contributed by atoms with Crippen LogP contribution in [0.3, 0.4) is 0 Å². The summed E-state index contributed by atoms with van der Waals surface area (Å²) in [6.07, 6.45) is 5.95. The first-order valence-electron chi connectivity index (χ1n) is 7.78. The van der Waals surface area contributed by atoms with Crippen LogP contribution in [0, 0.1) is 5.92 Å². The molecule has 2 atom stereocenters. The third kappa shape index (κ3) is 4.22. The lowest BCUT2D eigenvalue weighted by atomic mass is 9.94. The van der Waals surface area contributed by atoms with Crippen LogP contribution in [0.2, 0.25) is 0 Å². The first kappa shape index (κ1) is 14.3. The maximum atomic E-state index is 5.79. The fourth-order valence-corrected chi connectivity index (χ4v) is 3.41. The zero-order valence-electron chi connectivity index (χ0n) is 12.3. The average Bonchev–Trinajstić information content (AvgIpc) is 2.36. The fourth-order valence-electron chi connectivity index (χ4n) is 3.41. The summed E-state index contributed by atoms with van der Waals surface area (Å²) in [4.78, 5) is 2.56. The quantitative estimate of drug-likeness (QED) is 0.833. The Kier molecular flexibility index (Phi) is 5.46. The number of piperidine rings is 1. The van der Waals surface area contributed by atoms with Crippen LogP contribution < -0.4 is 5.32 Å². The summed E-state index contributed by atoms with van der Waals surface area (Å²) in [7, 11) is 0. The molecule has 0 aromatic carbocycles. The molecule has 2 heterocycles. The summed E-state index contributed by atoms with van der Waals surface area (Å²) in [5, 5.41) is 3.79. The molecule has 0 aromatic heterocycles. The fraction of sp³-hybridized carbons (Fsp3) is 1.00. The molecule has 106 valence electrons. The van der Waals surface area contributed by atoms with Crippen molar-refractivity contribution in [1.82, 2.24) is 10.2 Å². The van der Waals surface area contributed by atoms with Gasteiger partial charge >= 0.3 is 0 Å². The SMILES string of the molecule is CCN1CCC(CNC2CC(C)OC(C)C2)CC1. The van der Waals surface area contributed by atoms with Gasteiger partial charge in [0.15, 0.2) is 0 Å². The molecule has 2 saturated heterocycles. The summed E-state index contributed by atoms with van der Waals surface area (Å²) in [5.74, 6) is 0.890. The van der Waals surface area contributed by atoms with E-state index in [0.717, 1.165) is 5.92 Å². The zero-order valence-corrected chi connectivity index (χ0v) is 12.3. The summed E-state index contributed by atoms with van der Waals surface area (Å²) < 4.78 is 5.79. The van der Waals surface area contributed by atoms with Crippen molar-refractivity contribution < 1.29 is 4.74 Å². The zero-order chi connectivity index (χ0) is 13.0. The summed E-state index contributed by atoms with van der Waals surface area (Å²) in [6.45, 7) is 11.7. The number of rotatable bonds is 4. The third-order valence-electron chi connectivity index (χ3n) is 4.55. The normalized spacial score (nSPS) is 35.8. The smallest absolute Gasteiger partial charge is 0.0565 e. The number of nitrogens with zero attached hydrogens (tertiary/aromatic N) is 1. The number of likely N-dealkylation sites (tertiary alicyclic amines) is 1. The van der Waals surface area contributed by atoms with Gasteiger partial charge in [-0.15, -0.1) is 0 Å². The lowest BCUT2D eigenvalue weighted by Gasteiger charge is -2.35. The number of hydrogen-bond donors (Lipinski definition) is 1. The second-order valence-corrected chi connectivity index (χ2v) is 6.21. The molecule has 2 fully saturated rings. The Labute approximate surface area is 112 Å². The van der Waals surface area contributed by atoms with Crippen LogP contribution in [0.1, 0.15) is 46.5 Å². The molecule has 0 saturated carbocycles. The molecule has 0 bridgehead atoms. The van der Waals surface area contributed by atoms with Gasteiger partial charge in [0.1, 0.15) is 0 Å². The van der Waals surface area contributed by atoms with Gasteiger partial charge in [0, 0.05) is 6.04 Å². The molecular formula is C15H30N2O. The van der Waals surface area contributed by atoms with E-state index in [4.69, 9.17) is 4.74 Å². The van der Waals surface area contributed by atoms with E-state index in [1.165, 1.54) is 51.9 Å². The molecule has 0 aromatic rings. The van der Waals surface area contributed by atoms with Crippen molar-refractivity contribution in [3.63, 3.8) is 0 Å². The first-order chi connectivity index (χ1) is 8.67. The lowest BCUT2D eigenvalue weighted by Crippen LogP contribution is -2.44. The minimum Gasteiger partial charge on any atom is -0.375 e. The topological polar surface area (TPSA) is 24.5 Å². The van der Waals surface area contributed by atoms with Crippen LogP contribution in [0.4, 0.5) is 0 Å². The largest absolute Gasteiger partial charge is 0.375 e. The van der Waals surface area contributed by atoms with Crippen molar-refractivity contribution in [2.45, 2.75) is 64.7 Å². The van der Waals surface area contributed by atoms with E-state index in [-0.39, 0.29) is 0 Å². The molecule has 2 unspecified atom stereocenters. The standard InChI is InChI=1S/C15H30N2O/c1-4-17-7-5-14(6-8-17)11-16-15-9-12(2)18-13(3)10-15/h12-16H,4-11H2,1-3H3. The molecule has 2 aliphatic heterocycles. The van der Waals surface area contributed by atoms with E-state index in [2.05, 4.69) is 31.0 Å². The maximum Gasteiger partial charge on any atom is 0.0565 e.